The monoisotopic (exact) mass is 329 g/mol. The molecule has 23 heavy (non-hydrogen) atoms. The largest absolute Gasteiger partial charge is 0.497 e. The fraction of sp³-hybridized carbons (Fsp3) is 0.176. The second-order valence-corrected chi connectivity index (χ2v) is 4.94. The molecule has 0 saturated carbocycles. The molecular formula is C17H19N3O2S. The van der Waals surface area contributed by atoms with Crippen LogP contribution in [0.4, 0.5) is 5.69 Å². The molecule has 2 aromatic carbocycles. The first-order valence-electron chi connectivity index (χ1n) is 7.19. The van der Waals surface area contributed by atoms with E-state index in [1.165, 1.54) is 0 Å². The first-order chi connectivity index (χ1) is 11.2. The zero-order chi connectivity index (χ0) is 16.5. The molecule has 0 unspecified atom stereocenters. The van der Waals surface area contributed by atoms with Gasteiger partial charge in [-0.25, -0.2) is 0 Å². The Labute approximate surface area is 141 Å². The average molecular weight is 329 g/mol. The first kappa shape index (κ1) is 16.8. The summed E-state index contributed by atoms with van der Waals surface area (Å²) in [5, 5.41) is 7.56. The molecule has 0 saturated heterocycles. The third kappa shape index (κ3) is 5.27. The van der Waals surface area contributed by atoms with Gasteiger partial charge in [0.25, 0.3) is 0 Å². The van der Waals surface area contributed by atoms with Crippen LogP contribution in [0, 0.1) is 0 Å². The van der Waals surface area contributed by atoms with E-state index in [2.05, 4.69) is 15.8 Å². The van der Waals surface area contributed by atoms with Gasteiger partial charge in [0.15, 0.2) is 5.11 Å². The second kappa shape index (κ2) is 8.75. The Bertz CT molecular complexity index is 689. The van der Waals surface area contributed by atoms with Gasteiger partial charge in [-0.05, 0) is 43.4 Å². The Morgan fingerprint density at radius 3 is 2.83 bits per heavy atom. The molecule has 5 nitrogen and oxygen atoms in total. The van der Waals surface area contributed by atoms with Gasteiger partial charge in [0, 0.05) is 17.3 Å². The van der Waals surface area contributed by atoms with Crippen LogP contribution in [0.3, 0.4) is 0 Å². The standard InChI is InChI=1S/C17H19N3O2S/c1-3-22-16-10-5-4-7-13(16)12-18-20-17(23)19-14-8-6-9-15(11-14)21-2/h4-12H,3H2,1-2H3,(H2,19,20,23)/b18-12-. The Kier molecular flexibility index (Phi) is 6.38. The summed E-state index contributed by atoms with van der Waals surface area (Å²) >= 11 is 5.21. The van der Waals surface area contributed by atoms with Crippen LogP contribution in [-0.4, -0.2) is 25.0 Å². The first-order valence-corrected chi connectivity index (χ1v) is 7.59. The molecule has 0 fully saturated rings. The van der Waals surface area contributed by atoms with Crippen LogP contribution in [0.5, 0.6) is 11.5 Å². The molecule has 6 heteroatoms. The Balaban J connectivity index is 1.93. The highest BCUT2D eigenvalue weighted by molar-refractivity contribution is 7.80. The third-order valence-electron chi connectivity index (χ3n) is 2.92. The summed E-state index contributed by atoms with van der Waals surface area (Å²) in [6.07, 6.45) is 1.67. The number of methoxy groups -OCH3 is 1. The lowest BCUT2D eigenvalue weighted by molar-refractivity contribution is 0.340. The topological polar surface area (TPSA) is 54.9 Å². The molecule has 2 rings (SSSR count). The van der Waals surface area contributed by atoms with E-state index in [0.717, 1.165) is 22.7 Å². The minimum Gasteiger partial charge on any atom is -0.497 e. The zero-order valence-electron chi connectivity index (χ0n) is 13.1. The Hall–Kier alpha value is -2.60. The van der Waals surface area contributed by atoms with E-state index in [4.69, 9.17) is 21.7 Å². The maximum Gasteiger partial charge on any atom is 0.191 e. The molecule has 2 aromatic rings. The number of hydrogen-bond donors (Lipinski definition) is 2. The number of ether oxygens (including phenoxy) is 2. The van der Waals surface area contributed by atoms with Crippen LogP contribution in [0.1, 0.15) is 12.5 Å². The van der Waals surface area contributed by atoms with Crippen LogP contribution < -0.4 is 20.2 Å². The van der Waals surface area contributed by atoms with E-state index < -0.39 is 0 Å². The quantitative estimate of drug-likeness (QED) is 0.483. The summed E-state index contributed by atoms with van der Waals surface area (Å²) in [4.78, 5) is 0. The molecule has 0 aromatic heterocycles. The van der Waals surface area contributed by atoms with Gasteiger partial charge in [0.05, 0.1) is 19.9 Å². The lowest BCUT2D eigenvalue weighted by Gasteiger charge is -2.09. The maximum atomic E-state index is 5.53. The van der Waals surface area contributed by atoms with Gasteiger partial charge in [-0.15, -0.1) is 0 Å². The molecule has 0 heterocycles. The van der Waals surface area contributed by atoms with Crippen molar-refractivity contribution in [1.29, 1.82) is 0 Å². The number of thiocarbonyl (C=S) groups is 1. The minimum atomic E-state index is 0.392. The molecule has 0 bridgehead atoms. The van der Waals surface area contributed by atoms with Crippen molar-refractivity contribution >= 4 is 29.2 Å². The molecule has 0 amide bonds. The van der Waals surface area contributed by atoms with E-state index in [1.807, 2.05) is 55.5 Å². The van der Waals surface area contributed by atoms with Crippen molar-refractivity contribution in [2.75, 3.05) is 19.0 Å². The number of rotatable bonds is 6. The van der Waals surface area contributed by atoms with Crippen molar-refractivity contribution in [3.63, 3.8) is 0 Å². The van der Waals surface area contributed by atoms with Gasteiger partial charge in [0.2, 0.25) is 0 Å². The van der Waals surface area contributed by atoms with Gasteiger partial charge in [-0.2, -0.15) is 5.10 Å². The van der Waals surface area contributed by atoms with E-state index >= 15 is 0 Å². The number of para-hydroxylation sites is 1. The second-order valence-electron chi connectivity index (χ2n) is 4.53. The number of hydrogen-bond acceptors (Lipinski definition) is 4. The lowest BCUT2D eigenvalue weighted by Crippen LogP contribution is -2.23. The molecular weight excluding hydrogens is 310 g/mol. The van der Waals surface area contributed by atoms with Crippen molar-refractivity contribution in [1.82, 2.24) is 5.43 Å². The smallest absolute Gasteiger partial charge is 0.191 e. The molecule has 0 aliphatic carbocycles. The molecule has 2 N–H and O–H groups in total. The summed E-state index contributed by atoms with van der Waals surface area (Å²) in [6.45, 7) is 2.55. The fourth-order valence-corrected chi connectivity index (χ4v) is 2.07. The Morgan fingerprint density at radius 1 is 1.22 bits per heavy atom. The van der Waals surface area contributed by atoms with Crippen molar-refractivity contribution in [2.45, 2.75) is 6.92 Å². The highest BCUT2D eigenvalue weighted by Crippen LogP contribution is 2.17. The number of benzene rings is 2. The van der Waals surface area contributed by atoms with Crippen LogP contribution in [0.25, 0.3) is 0 Å². The predicted molar refractivity (Wildman–Crippen MR) is 97.6 cm³/mol. The van der Waals surface area contributed by atoms with Crippen LogP contribution in [-0.2, 0) is 0 Å². The summed E-state index contributed by atoms with van der Waals surface area (Å²) in [5.41, 5.74) is 4.49. The molecule has 0 aliphatic heterocycles. The third-order valence-corrected chi connectivity index (χ3v) is 3.11. The van der Waals surface area contributed by atoms with Crippen LogP contribution in [0.15, 0.2) is 53.6 Å². The highest BCUT2D eigenvalue weighted by atomic mass is 32.1. The minimum absolute atomic E-state index is 0.392. The van der Waals surface area contributed by atoms with Gasteiger partial charge in [0.1, 0.15) is 11.5 Å². The number of nitrogens with zero attached hydrogens (tertiary/aromatic N) is 1. The van der Waals surface area contributed by atoms with Crippen LogP contribution >= 0.6 is 12.2 Å². The van der Waals surface area contributed by atoms with Crippen LogP contribution in [0.2, 0.25) is 0 Å². The summed E-state index contributed by atoms with van der Waals surface area (Å²) in [6, 6.07) is 15.2. The summed E-state index contributed by atoms with van der Waals surface area (Å²) < 4.78 is 10.7. The van der Waals surface area contributed by atoms with E-state index in [1.54, 1.807) is 13.3 Å². The van der Waals surface area contributed by atoms with E-state index in [9.17, 15) is 0 Å². The predicted octanol–water partition coefficient (Wildman–Crippen LogP) is 3.41. The average Bonchev–Trinajstić information content (AvgIpc) is 2.57. The summed E-state index contributed by atoms with van der Waals surface area (Å²) in [5.74, 6) is 1.54. The number of nitrogens with one attached hydrogen (secondary N) is 2. The Morgan fingerprint density at radius 2 is 2.04 bits per heavy atom. The van der Waals surface area contributed by atoms with Crippen molar-refractivity contribution in [3.8, 4) is 11.5 Å². The van der Waals surface area contributed by atoms with E-state index in [-0.39, 0.29) is 0 Å². The molecule has 0 spiro atoms. The van der Waals surface area contributed by atoms with E-state index in [0.29, 0.717) is 11.7 Å². The normalized spacial score (nSPS) is 10.3. The van der Waals surface area contributed by atoms with Crippen molar-refractivity contribution < 1.29 is 9.47 Å². The van der Waals surface area contributed by atoms with Gasteiger partial charge in [-0.3, -0.25) is 5.43 Å². The van der Waals surface area contributed by atoms with Gasteiger partial charge in [-0.1, -0.05) is 18.2 Å². The number of anilines is 1. The zero-order valence-corrected chi connectivity index (χ0v) is 13.9. The van der Waals surface area contributed by atoms with Gasteiger partial charge < -0.3 is 14.8 Å². The molecule has 120 valence electrons. The lowest BCUT2D eigenvalue weighted by atomic mass is 10.2. The maximum absolute atomic E-state index is 5.53. The van der Waals surface area contributed by atoms with Gasteiger partial charge >= 0.3 is 0 Å². The SMILES string of the molecule is CCOc1ccccc1/C=N\NC(=S)Nc1cccc(OC)c1. The fourth-order valence-electron chi connectivity index (χ4n) is 1.89. The molecule has 0 atom stereocenters. The number of hydrazone groups is 1. The summed E-state index contributed by atoms with van der Waals surface area (Å²) in [7, 11) is 1.62. The molecule has 0 radical (unpaired) electrons. The highest BCUT2D eigenvalue weighted by Gasteiger charge is 2.00. The van der Waals surface area contributed by atoms with Crippen molar-refractivity contribution in [2.24, 2.45) is 5.10 Å². The van der Waals surface area contributed by atoms with Crippen molar-refractivity contribution in [3.05, 3.63) is 54.1 Å². The molecule has 0 aliphatic rings.